The highest BCUT2D eigenvalue weighted by molar-refractivity contribution is 5.83. The lowest BCUT2D eigenvalue weighted by atomic mass is 9.74. The predicted molar refractivity (Wildman–Crippen MR) is 152 cm³/mol. The van der Waals surface area contributed by atoms with Gasteiger partial charge in [0.2, 0.25) is 0 Å². The second-order valence-electron chi connectivity index (χ2n) is 13.1. The number of ketones is 1. The van der Waals surface area contributed by atoms with Gasteiger partial charge in [-0.3, -0.25) is 9.59 Å². The number of hydrogen-bond acceptors (Lipinski definition) is 11. The van der Waals surface area contributed by atoms with Crippen LogP contribution in [0.15, 0.2) is 0 Å². The summed E-state index contributed by atoms with van der Waals surface area (Å²) < 4.78 is 24.2. The average Bonchev–Trinajstić information content (AvgIpc) is 2.92. The molecule has 240 valence electrons. The first-order chi connectivity index (χ1) is 18.8. The summed E-state index contributed by atoms with van der Waals surface area (Å²) in [4.78, 5) is 28.8. The molecule has 2 fully saturated rings. The van der Waals surface area contributed by atoms with Crippen molar-refractivity contribution >= 4 is 11.8 Å². The monoisotopic (exact) mass is 589 g/mol. The van der Waals surface area contributed by atoms with E-state index in [0.717, 1.165) is 0 Å². The molecular weight excluding hydrogens is 534 g/mol. The first-order valence-electron chi connectivity index (χ1n) is 14.9. The van der Waals surface area contributed by atoms with Crippen LogP contribution in [0, 0.1) is 23.7 Å². The third kappa shape index (κ3) is 7.67. The van der Waals surface area contributed by atoms with Crippen molar-refractivity contribution in [3.05, 3.63) is 0 Å². The zero-order valence-corrected chi connectivity index (χ0v) is 26.7. The van der Waals surface area contributed by atoms with E-state index in [1.807, 2.05) is 25.9 Å². The second kappa shape index (κ2) is 14.1. The first kappa shape index (κ1) is 36.0. The number of nitrogens with zero attached hydrogens (tertiary/aromatic N) is 1. The lowest BCUT2D eigenvalue weighted by Crippen LogP contribution is -2.60. The number of cyclic esters (lactones) is 1. The molecule has 11 heteroatoms. The minimum Gasteiger partial charge on any atom is -0.459 e. The molecule has 0 saturated carbocycles. The zero-order valence-electron chi connectivity index (χ0n) is 26.7. The summed E-state index contributed by atoms with van der Waals surface area (Å²) in [6.45, 7) is 13.2. The van der Waals surface area contributed by atoms with Gasteiger partial charge in [-0.2, -0.15) is 0 Å². The van der Waals surface area contributed by atoms with Crippen LogP contribution >= 0.6 is 0 Å². The van der Waals surface area contributed by atoms with Crippen molar-refractivity contribution in [2.45, 2.75) is 135 Å². The Labute approximate surface area is 245 Å². The number of aliphatic hydroxyl groups is 4. The maximum absolute atomic E-state index is 13.6. The van der Waals surface area contributed by atoms with Gasteiger partial charge in [0.1, 0.15) is 23.6 Å². The Morgan fingerprint density at radius 1 is 1.00 bits per heavy atom. The van der Waals surface area contributed by atoms with E-state index in [9.17, 15) is 30.0 Å². The van der Waals surface area contributed by atoms with Crippen molar-refractivity contribution in [1.82, 2.24) is 4.90 Å². The third-order valence-corrected chi connectivity index (χ3v) is 9.52. The normalized spacial score (nSPS) is 47.6. The number of Topliss-reactive ketones (excluding diaryl/α,β-unsaturated/α-hetero) is 1. The number of carbonyl (C=O) groups excluding carboxylic acids is 2. The molecule has 0 amide bonds. The average molecular weight is 590 g/mol. The van der Waals surface area contributed by atoms with E-state index in [4.69, 9.17) is 18.9 Å². The van der Waals surface area contributed by atoms with Crippen molar-refractivity contribution < 1.29 is 49.0 Å². The molecule has 0 aromatic rings. The third-order valence-electron chi connectivity index (χ3n) is 9.52. The highest BCUT2D eigenvalue weighted by Gasteiger charge is 2.51. The molecule has 2 rings (SSSR count). The largest absolute Gasteiger partial charge is 0.459 e. The Morgan fingerprint density at radius 3 is 2.10 bits per heavy atom. The van der Waals surface area contributed by atoms with Gasteiger partial charge < -0.3 is 44.3 Å². The van der Waals surface area contributed by atoms with E-state index in [-0.39, 0.29) is 30.8 Å². The van der Waals surface area contributed by atoms with E-state index in [2.05, 4.69) is 0 Å². The maximum atomic E-state index is 13.6. The fourth-order valence-corrected chi connectivity index (χ4v) is 6.59. The number of esters is 1. The van der Waals surface area contributed by atoms with Crippen LogP contribution in [0.5, 0.6) is 0 Å². The first-order valence-corrected chi connectivity index (χ1v) is 14.9. The minimum atomic E-state index is -1.91. The van der Waals surface area contributed by atoms with Gasteiger partial charge >= 0.3 is 5.97 Å². The molecule has 2 aliphatic heterocycles. The molecule has 2 aliphatic rings. The van der Waals surface area contributed by atoms with Gasteiger partial charge in [-0.1, -0.05) is 27.7 Å². The number of methoxy groups -OCH3 is 1. The van der Waals surface area contributed by atoms with Gasteiger partial charge in [-0.05, 0) is 61.1 Å². The molecule has 41 heavy (non-hydrogen) atoms. The molecule has 0 spiro atoms. The highest BCUT2D eigenvalue weighted by atomic mass is 16.7. The fourth-order valence-electron chi connectivity index (χ4n) is 6.59. The Balaban J connectivity index is 2.60. The van der Waals surface area contributed by atoms with Crippen LogP contribution < -0.4 is 0 Å². The quantitative estimate of drug-likeness (QED) is 0.345. The van der Waals surface area contributed by atoms with E-state index in [1.165, 1.54) is 21.0 Å². The molecule has 0 aromatic heterocycles. The topological polar surface area (TPSA) is 155 Å². The number of ether oxygens (including phenoxy) is 4. The van der Waals surface area contributed by atoms with E-state index in [0.29, 0.717) is 6.42 Å². The Hall–Kier alpha value is -1.18. The minimum absolute atomic E-state index is 0.134. The summed E-state index contributed by atoms with van der Waals surface area (Å²) in [5, 5.41) is 45.1. The second-order valence-corrected chi connectivity index (χ2v) is 13.1. The van der Waals surface area contributed by atoms with Gasteiger partial charge in [0.05, 0.1) is 35.9 Å². The van der Waals surface area contributed by atoms with Crippen LogP contribution in [0.4, 0.5) is 0 Å². The lowest BCUT2D eigenvalue weighted by Gasteiger charge is -2.48. The predicted octanol–water partition coefficient (Wildman–Crippen LogP) is 1.51. The van der Waals surface area contributed by atoms with Crippen molar-refractivity contribution in [2.24, 2.45) is 23.7 Å². The molecule has 0 radical (unpaired) electrons. The van der Waals surface area contributed by atoms with Crippen LogP contribution in [-0.2, 0) is 28.5 Å². The SMILES string of the molecule is CC[C@H]1OC(=O)[C@H](C)[C@@H](O)[C@H](C)[C@@H](O[C@@H]2O[C@H](C)C[C@@H](N(C)C)[C@H]2O)[C@](C)(OC)C[C@@H](C)C(=O)[C@H](C)[C@@H](O)[C@]1(C)O. The number of carbonyl (C=O) groups is 2. The standard InChI is InChI=1S/C30H55NO10/c1-12-21-30(8,37)25(35)17(4)22(32)15(2)14-29(7,38-11)26(18(5)23(33)19(6)27(36)40-21)41-28-24(34)20(31(9)10)13-16(3)39-28/h15-21,23-26,28,33-35,37H,12-14H2,1-11H3/t15-,16-,17+,18+,19-,20-,21-,23+,24-,25-,26-,28+,29-,30-/m1/s1. The van der Waals surface area contributed by atoms with Crippen LogP contribution in [0.1, 0.15) is 74.7 Å². The van der Waals surface area contributed by atoms with E-state index in [1.54, 1.807) is 34.6 Å². The smallest absolute Gasteiger partial charge is 0.311 e. The van der Waals surface area contributed by atoms with E-state index < -0.39 is 77.7 Å². The summed E-state index contributed by atoms with van der Waals surface area (Å²) in [5.74, 6) is -4.49. The van der Waals surface area contributed by atoms with Crippen LogP contribution in [0.2, 0.25) is 0 Å². The van der Waals surface area contributed by atoms with Crippen LogP contribution in [-0.4, -0.2) is 118 Å². The van der Waals surface area contributed by atoms with Crippen molar-refractivity contribution in [3.8, 4) is 0 Å². The molecule has 0 aromatic carbocycles. The van der Waals surface area contributed by atoms with Crippen LogP contribution in [0.3, 0.4) is 0 Å². The maximum Gasteiger partial charge on any atom is 0.311 e. The van der Waals surface area contributed by atoms with Gasteiger partial charge in [-0.25, -0.2) is 0 Å². The number of aliphatic hydroxyl groups excluding tert-OH is 3. The van der Waals surface area contributed by atoms with Crippen molar-refractivity contribution in [2.75, 3.05) is 21.2 Å². The van der Waals surface area contributed by atoms with Gasteiger partial charge in [0.15, 0.2) is 6.29 Å². The fraction of sp³-hybridized carbons (Fsp3) is 0.933. The van der Waals surface area contributed by atoms with Crippen molar-refractivity contribution in [3.63, 3.8) is 0 Å². The molecule has 2 heterocycles. The molecule has 2 saturated heterocycles. The number of likely N-dealkylation sites (N-methyl/N-ethyl adjacent to an activating group) is 1. The van der Waals surface area contributed by atoms with Crippen molar-refractivity contribution in [1.29, 1.82) is 0 Å². The molecule has 0 aliphatic carbocycles. The Bertz CT molecular complexity index is 883. The molecule has 0 bridgehead atoms. The number of rotatable bonds is 5. The highest BCUT2D eigenvalue weighted by Crippen LogP contribution is 2.39. The Kier molecular flexibility index (Phi) is 12.4. The molecule has 14 atom stereocenters. The summed E-state index contributed by atoms with van der Waals surface area (Å²) in [6, 6.07) is -0.244. The molecular formula is C30H55NO10. The zero-order chi connectivity index (χ0) is 31.6. The summed E-state index contributed by atoms with van der Waals surface area (Å²) in [5.41, 5.74) is -3.11. The van der Waals surface area contributed by atoms with Gasteiger partial charge in [0.25, 0.3) is 0 Å². The summed E-state index contributed by atoms with van der Waals surface area (Å²) in [6.07, 6.45) is -6.25. The lowest BCUT2D eigenvalue weighted by molar-refractivity contribution is -0.301. The van der Waals surface area contributed by atoms with Gasteiger partial charge in [0, 0.05) is 30.9 Å². The summed E-state index contributed by atoms with van der Waals surface area (Å²) in [7, 11) is 5.21. The molecule has 4 N–H and O–H groups in total. The summed E-state index contributed by atoms with van der Waals surface area (Å²) >= 11 is 0. The molecule has 11 nitrogen and oxygen atoms in total. The molecule has 0 unspecified atom stereocenters. The number of hydrogen-bond donors (Lipinski definition) is 4. The van der Waals surface area contributed by atoms with Gasteiger partial charge in [-0.15, -0.1) is 0 Å². The van der Waals surface area contributed by atoms with Crippen LogP contribution in [0.25, 0.3) is 0 Å². The Morgan fingerprint density at radius 2 is 1.59 bits per heavy atom. The van der Waals surface area contributed by atoms with E-state index >= 15 is 0 Å².